The van der Waals surface area contributed by atoms with Crippen molar-refractivity contribution >= 4 is 5.91 Å². The molecule has 1 fully saturated rings. The SMILES string of the molecule is COCCN(C(=O)c1ccn[nH]1)[C@H]1CC[C@H](C)C1. The Balaban J connectivity index is 2.07. The van der Waals surface area contributed by atoms with E-state index in [1.165, 1.54) is 6.42 Å². The number of carbonyl (C=O) groups excluding carboxylic acids is 1. The summed E-state index contributed by atoms with van der Waals surface area (Å²) in [5, 5.41) is 6.59. The van der Waals surface area contributed by atoms with Crippen LogP contribution in [0.5, 0.6) is 0 Å². The number of methoxy groups -OCH3 is 1. The Kier molecular flexibility index (Phi) is 4.36. The third-order valence-corrected chi connectivity index (χ3v) is 3.64. The van der Waals surface area contributed by atoms with Crippen LogP contribution in [0.2, 0.25) is 0 Å². The van der Waals surface area contributed by atoms with Gasteiger partial charge in [0.25, 0.3) is 5.91 Å². The van der Waals surface area contributed by atoms with Crippen LogP contribution in [-0.2, 0) is 4.74 Å². The number of H-pyrrole nitrogens is 1. The number of aromatic nitrogens is 2. The average Bonchev–Trinajstić information content (AvgIpc) is 3.00. The zero-order valence-electron chi connectivity index (χ0n) is 11.1. The molecule has 1 N–H and O–H groups in total. The molecule has 0 unspecified atom stereocenters. The van der Waals surface area contributed by atoms with E-state index in [1.54, 1.807) is 19.4 Å². The number of carbonyl (C=O) groups is 1. The summed E-state index contributed by atoms with van der Waals surface area (Å²) in [5.74, 6) is 0.735. The number of amides is 1. The van der Waals surface area contributed by atoms with Gasteiger partial charge >= 0.3 is 0 Å². The largest absolute Gasteiger partial charge is 0.383 e. The first-order valence-electron chi connectivity index (χ1n) is 6.51. The van der Waals surface area contributed by atoms with Gasteiger partial charge in [-0.25, -0.2) is 0 Å². The maximum Gasteiger partial charge on any atom is 0.272 e. The first-order chi connectivity index (χ1) is 8.72. The van der Waals surface area contributed by atoms with Crippen molar-refractivity contribution in [2.45, 2.75) is 32.2 Å². The molecule has 18 heavy (non-hydrogen) atoms. The molecule has 1 saturated carbocycles. The number of nitrogens with one attached hydrogen (secondary N) is 1. The van der Waals surface area contributed by atoms with Crippen LogP contribution in [0.1, 0.15) is 36.7 Å². The highest BCUT2D eigenvalue weighted by molar-refractivity contribution is 5.92. The molecule has 0 spiro atoms. The van der Waals surface area contributed by atoms with Gasteiger partial charge in [-0.15, -0.1) is 0 Å². The standard InChI is InChI=1S/C13H21N3O2/c1-10-3-4-11(9-10)16(7-8-18-2)13(17)12-5-6-14-15-12/h5-6,10-11H,3-4,7-9H2,1-2H3,(H,14,15)/t10-,11-/m0/s1. The topological polar surface area (TPSA) is 58.2 Å². The minimum Gasteiger partial charge on any atom is -0.383 e. The summed E-state index contributed by atoms with van der Waals surface area (Å²) in [6, 6.07) is 2.06. The second-order valence-electron chi connectivity index (χ2n) is 5.03. The van der Waals surface area contributed by atoms with E-state index < -0.39 is 0 Å². The van der Waals surface area contributed by atoms with E-state index in [0.29, 0.717) is 30.8 Å². The van der Waals surface area contributed by atoms with E-state index in [4.69, 9.17) is 4.74 Å². The van der Waals surface area contributed by atoms with Crippen molar-refractivity contribution in [1.82, 2.24) is 15.1 Å². The lowest BCUT2D eigenvalue weighted by Crippen LogP contribution is -2.41. The van der Waals surface area contributed by atoms with Crippen LogP contribution >= 0.6 is 0 Å². The average molecular weight is 251 g/mol. The van der Waals surface area contributed by atoms with Crippen molar-refractivity contribution in [1.29, 1.82) is 0 Å². The Bertz CT molecular complexity index is 378. The van der Waals surface area contributed by atoms with E-state index in [-0.39, 0.29) is 5.91 Å². The van der Waals surface area contributed by atoms with E-state index in [9.17, 15) is 4.79 Å². The molecule has 1 aromatic rings. The molecule has 1 aliphatic rings. The number of aromatic amines is 1. The Morgan fingerprint density at radius 1 is 1.61 bits per heavy atom. The highest BCUT2D eigenvalue weighted by atomic mass is 16.5. The molecule has 0 aliphatic heterocycles. The van der Waals surface area contributed by atoms with Crippen molar-refractivity contribution in [3.05, 3.63) is 18.0 Å². The summed E-state index contributed by atoms with van der Waals surface area (Å²) in [5.41, 5.74) is 0.561. The van der Waals surface area contributed by atoms with Gasteiger partial charge in [-0.3, -0.25) is 9.89 Å². The van der Waals surface area contributed by atoms with Crippen LogP contribution < -0.4 is 0 Å². The molecule has 0 radical (unpaired) electrons. The molecule has 5 heteroatoms. The summed E-state index contributed by atoms with van der Waals surface area (Å²) in [4.78, 5) is 14.3. The molecule has 1 heterocycles. The molecule has 1 aliphatic carbocycles. The second-order valence-corrected chi connectivity index (χ2v) is 5.03. The van der Waals surface area contributed by atoms with Crippen molar-refractivity contribution in [2.24, 2.45) is 5.92 Å². The Labute approximate surface area is 108 Å². The number of hydrogen-bond donors (Lipinski definition) is 1. The second kappa shape index (κ2) is 6.00. The molecule has 100 valence electrons. The van der Waals surface area contributed by atoms with E-state index in [2.05, 4.69) is 17.1 Å². The minimum absolute atomic E-state index is 0.0312. The Hall–Kier alpha value is -1.36. The third kappa shape index (κ3) is 2.90. The van der Waals surface area contributed by atoms with Crippen LogP contribution in [0.3, 0.4) is 0 Å². The number of nitrogens with zero attached hydrogens (tertiary/aromatic N) is 2. The first-order valence-corrected chi connectivity index (χ1v) is 6.51. The predicted molar refractivity (Wildman–Crippen MR) is 68.3 cm³/mol. The molecule has 2 rings (SSSR count). The maximum absolute atomic E-state index is 12.4. The van der Waals surface area contributed by atoms with Crippen LogP contribution in [0.25, 0.3) is 0 Å². The molecule has 0 aromatic carbocycles. The molecular formula is C13H21N3O2. The highest BCUT2D eigenvalue weighted by Crippen LogP contribution is 2.29. The normalized spacial score (nSPS) is 23.2. The van der Waals surface area contributed by atoms with Crippen LogP contribution in [0, 0.1) is 5.92 Å². The highest BCUT2D eigenvalue weighted by Gasteiger charge is 2.30. The fourth-order valence-corrected chi connectivity index (χ4v) is 2.63. The maximum atomic E-state index is 12.4. The van der Waals surface area contributed by atoms with Gasteiger partial charge < -0.3 is 9.64 Å². The van der Waals surface area contributed by atoms with Crippen molar-refractivity contribution < 1.29 is 9.53 Å². The molecular weight excluding hydrogens is 230 g/mol. The lowest BCUT2D eigenvalue weighted by molar-refractivity contribution is 0.0596. The Morgan fingerprint density at radius 3 is 3.00 bits per heavy atom. The third-order valence-electron chi connectivity index (χ3n) is 3.64. The molecule has 0 saturated heterocycles. The lowest BCUT2D eigenvalue weighted by Gasteiger charge is -2.28. The van der Waals surface area contributed by atoms with E-state index in [1.807, 2.05) is 4.90 Å². The summed E-state index contributed by atoms with van der Waals surface area (Å²) >= 11 is 0. The quantitative estimate of drug-likeness (QED) is 0.866. The van der Waals surface area contributed by atoms with Crippen molar-refractivity contribution in [2.75, 3.05) is 20.3 Å². The summed E-state index contributed by atoms with van der Waals surface area (Å²) in [6.07, 6.45) is 4.98. The number of rotatable bonds is 5. The van der Waals surface area contributed by atoms with Crippen molar-refractivity contribution in [3.63, 3.8) is 0 Å². The van der Waals surface area contributed by atoms with Gasteiger partial charge in [0.15, 0.2) is 0 Å². The van der Waals surface area contributed by atoms with Gasteiger partial charge in [-0.05, 0) is 31.2 Å². The zero-order chi connectivity index (χ0) is 13.0. The van der Waals surface area contributed by atoms with Gasteiger partial charge in [-0.1, -0.05) is 6.92 Å². The van der Waals surface area contributed by atoms with Gasteiger partial charge in [0.2, 0.25) is 0 Å². The fraction of sp³-hybridized carbons (Fsp3) is 0.692. The smallest absolute Gasteiger partial charge is 0.272 e. The van der Waals surface area contributed by atoms with Crippen LogP contribution in [0.4, 0.5) is 0 Å². The van der Waals surface area contributed by atoms with Gasteiger partial charge in [0.1, 0.15) is 5.69 Å². The fourth-order valence-electron chi connectivity index (χ4n) is 2.63. The summed E-state index contributed by atoms with van der Waals surface area (Å²) < 4.78 is 5.11. The summed E-state index contributed by atoms with van der Waals surface area (Å²) in [6.45, 7) is 3.46. The lowest BCUT2D eigenvalue weighted by atomic mass is 10.1. The van der Waals surface area contributed by atoms with Gasteiger partial charge in [-0.2, -0.15) is 5.10 Å². The Morgan fingerprint density at radius 2 is 2.44 bits per heavy atom. The van der Waals surface area contributed by atoms with Crippen LogP contribution in [0.15, 0.2) is 12.3 Å². The monoisotopic (exact) mass is 251 g/mol. The van der Waals surface area contributed by atoms with Crippen molar-refractivity contribution in [3.8, 4) is 0 Å². The summed E-state index contributed by atoms with van der Waals surface area (Å²) in [7, 11) is 1.66. The van der Waals surface area contributed by atoms with E-state index in [0.717, 1.165) is 12.8 Å². The minimum atomic E-state index is 0.0312. The van der Waals surface area contributed by atoms with Gasteiger partial charge in [0.05, 0.1) is 6.61 Å². The zero-order valence-corrected chi connectivity index (χ0v) is 11.1. The predicted octanol–water partition coefficient (Wildman–Crippen LogP) is 1.69. The molecule has 0 bridgehead atoms. The number of hydrogen-bond acceptors (Lipinski definition) is 3. The first kappa shape index (κ1) is 13.1. The van der Waals surface area contributed by atoms with Crippen LogP contribution in [-0.4, -0.2) is 47.3 Å². The number of ether oxygens (including phenoxy) is 1. The molecule has 1 amide bonds. The molecule has 2 atom stereocenters. The molecule has 5 nitrogen and oxygen atoms in total. The van der Waals surface area contributed by atoms with Gasteiger partial charge in [0, 0.05) is 25.9 Å². The molecule has 1 aromatic heterocycles. The van der Waals surface area contributed by atoms with E-state index >= 15 is 0 Å².